The van der Waals surface area contributed by atoms with Crippen molar-refractivity contribution in [2.75, 3.05) is 18.1 Å². The van der Waals surface area contributed by atoms with Crippen molar-refractivity contribution in [3.63, 3.8) is 0 Å². The second kappa shape index (κ2) is 9.33. The number of amides is 1. The molecule has 0 aliphatic carbocycles. The van der Waals surface area contributed by atoms with Crippen LogP contribution in [-0.2, 0) is 4.79 Å². The third kappa shape index (κ3) is 5.89. The Morgan fingerprint density at radius 3 is 2.62 bits per heavy atom. The molecule has 24 heavy (non-hydrogen) atoms. The molecule has 1 amide bonds. The highest BCUT2D eigenvalue weighted by Gasteiger charge is 2.09. The van der Waals surface area contributed by atoms with E-state index in [4.69, 9.17) is 4.74 Å². The number of halogens is 1. The van der Waals surface area contributed by atoms with E-state index in [0.29, 0.717) is 12.4 Å². The molecule has 1 atom stereocenters. The first-order valence-corrected chi connectivity index (χ1v) is 9.02. The predicted molar refractivity (Wildman–Crippen MR) is 97.0 cm³/mol. The molecule has 0 aliphatic rings. The number of nitrogens with one attached hydrogen (secondary N) is 1. The minimum absolute atomic E-state index is 0.0345. The fourth-order valence-electron chi connectivity index (χ4n) is 2.21. The van der Waals surface area contributed by atoms with Gasteiger partial charge in [0.25, 0.3) is 0 Å². The fourth-order valence-corrected chi connectivity index (χ4v) is 2.83. The van der Waals surface area contributed by atoms with Crippen LogP contribution in [0.25, 0.3) is 0 Å². The molecule has 2 aromatic rings. The van der Waals surface area contributed by atoms with Gasteiger partial charge >= 0.3 is 0 Å². The summed E-state index contributed by atoms with van der Waals surface area (Å²) in [4.78, 5) is 11.9. The number of carbonyl (C=O) groups is 1. The van der Waals surface area contributed by atoms with Crippen LogP contribution in [0, 0.1) is 12.7 Å². The summed E-state index contributed by atoms with van der Waals surface area (Å²) in [7, 11) is 0. The number of hydrogen-bond donors (Lipinski definition) is 1. The van der Waals surface area contributed by atoms with Crippen molar-refractivity contribution >= 4 is 17.7 Å². The molecule has 0 saturated carbocycles. The number of benzene rings is 2. The van der Waals surface area contributed by atoms with E-state index in [0.717, 1.165) is 22.6 Å². The normalized spacial score (nSPS) is 11.8. The molecule has 0 unspecified atom stereocenters. The van der Waals surface area contributed by atoms with Crippen LogP contribution in [0.1, 0.15) is 24.1 Å². The van der Waals surface area contributed by atoms with Crippen LogP contribution in [-0.4, -0.2) is 24.0 Å². The van der Waals surface area contributed by atoms with Crippen LogP contribution in [0.5, 0.6) is 5.75 Å². The lowest BCUT2D eigenvalue weighted by Gasteiger charge is -2.14. The average Bonchev–Trinajstić information content (AvgIpc) is 2.56. The topological polar surface area (TPSA) is 38.3 Å². The first-order valence-electron chi connectivity index (χ1n) is 7.87. The average molecular weight is 347 g/mol. The van der Waals surface area contributed by atoms with E-state index in [9.17, 15) is 9.18 Å². The lowest BCUT2D eigenvalue weighted by Crippen LogP contribution is -2.28. The third-order valence-electron chi connectivity index (χ3n) is 3.56. The predicted octanol–water partition coefficient (Wildman–Crippen LogP) is 4.12. The Morgan fingerprint density at radius 1 is 1.21 bits per heavy atom. The van der Waals surface area contributed by atoms with Crippen LogP contribution in [0.4, 0.5) is 4.39 Å². The van der Waals surface area contributed by atoms with E-state index < -0.39 is 0 Å². The van der Waals surface area contributed by atoms with Gasteiger partial charge in [-0.05, 0) is 43.2 Å². The Labute approximate surface area is 146 Å². The van der Waals surface area contributed by atoms with Crippen LogP contribution in [0.2, 0.25) is 0 Å². The van der Waals surface area contributed by atoms with Gasteiger partial charge < -0.3 is 10.1 Å². The SMILES string of the molecule is Cc1ccccc1OCCSCC(=O)N[C@@H](C)c1ccc(F)cc1. The zero-order valence-electron chi connectivity index (χ0n) is 13.9. The summed E-state index contributed by atoms with van der Waals surface area (Å²) in [5.74, 6) is 1.69. The third-order valence-corrected chi connectivity index (χ3v) is 4.48. The Kier molecular flexibility index (Phi) is 7.12. The highest BCUT2D eigenvalue weighted by Crippen LogP contribution is 2.17. The lowest BCUT2D eigenvalue weighted by atomic mass is 10.1. The van der Waals surface area contributed by atoms with E-state index in [1.165, 1.54) is 23.9 Å². The maximum absolute atomic E-state index is 12.9. The van der Waals surface area contributed by atoms with Gasteiger partial charge in [-0.15, -0.1) is 11.8 Å². The van der Waals surface area contributed by atoms with Crippen molar-refractivity contribution in [3.8, 4) is 5.75 Å². The Bertz CT molecular complexity index is 661. The molecule has 0 heterocycles. The minimum atomic E-state index is -0.276. The summed E-state index contributed by atoms with van der Waals surface area (Å²) in [6.07, 6.45) is 0. The summed E-state index contributed by atoms with van der Waals surface area (Å²) in [5.41, 5.74) is 1.99. The van der Waals surface area contributed by atoms with Gasteiger partial charge in [0.1, 0.15) is 11.6 Å². The van der Waals surface area contributed by atoms with E-state index in [1.54, 1.807) is 12.1 Å². The monoisotopic (exact) mass is 347 g/mol. The molecular weight excluding hydrogens is 325 g/mol. The number of aryl methyl sites for hydroxylation is 1. The maximum atomic E-state index is 12.9. The molecule has 5 heteroatoms. The zero-order chi connectivity index (χ0) is 17.4. The largest absolute Gasteiger partial charge is 0.492 e. The summed E-state index contributed by atoms with van der Waals surface area (Å²) in [6, 6.07) is 13.9. The lowest BCUT2D eigenvalue weighted by molar-refractivity contribution is -0.119. The molecule has 0 bridgehead atoms. The number of carbonyl (C=O) groups excluding carboxylic acids is 1. The summed E-state index contributed by atoms with van der Waals surface area (Å²) in [5, 5.41) is 2.91. The van der Waals surface area contributed by atoms with Crippen molar-refractivity contribution < 1.29 is 13.9 Å². The van der Waals surface area contributed by atoms with Gasteiger partial charge in [0.2, 0.25) is 5.91 Å². The summed E-state index contributed by atoms with van der Waals surface area (Å²) in [6.45, 7) is 4.46. The van der Waals surface area contributed by atoms with E-state index in [1.807, 2.05) is 38.1 Å². The van der Waals surface area contributed by atoms with E-state index >= 15 is 0 Å². The molecule has 0 spiro atoms. The van der Waals surface area contributed by atoms with E-state index in [-0.39, 0.29) is 17.8 Å². The summed E-state index contributed by atoms with van der Waals surface area (Å²) < 4.78 is 18.6. The number of rotatable bonds is 8. The van der Waals surface area contributed by atoms with Gasteiger partial charge in [0.15, 0.2) is 0 Å². The van der Waals surface area contributed by atoms with Gasteiger partial charge in [0, 0.05) is 5.75 Å². The van der Waals surface area contributed by atoms with Crippen molar-refractivity contribution in [2.24, 2.45) is 0 Å². The molecule has 3 nitrogen and oxygen atoms in total. The number of thioether (sulfide) groups is 1. The summed E-state index contributed by atoms with van der Waals surface area (Å²) >= 11 is 1.53. The Balaban J connectivity index is 1.64. The van der Waals surface area contributed by atoms with Crippen molar-refractivity contribution in [2.45, 2.75) is 19.9 Å². The number of ether oxygens (including phenoxy) is 1. The van der Waals surface area contributed by atoms with Crippen molar-refractivity contribution in [3.05, 3.63) is 65.5 Å². The maximum Gasteiger partial charge on any atom is 0.230 e. The molecule has 2 rings (SSSR count). The number of para-hydroxylation sites is 1. The quantitative estimate of drug-likeness (QED) is 0.730. The molecule has 0 saturated heterocycles. The Hall–Kier alpha value is -2.01. The van der Waals surface area contributed by atoms with E-state index in [2.05, 4.69) is 5.32 Å². The van der Waals surface area contributed by atoms with Crippen LogP contribution in [0.15, 0.2) is 48.5 Å². The first kappa shape index (κ1) is 18.3. The molecular formula is C19H22FNO2S. The smallest absolute Gasteiger partial charge is 0.230 e. The Morgan fingerprint density at radius 2 is 1.92 bits per heavy atom. The van der Waals surface area contributed by atoms with Gasteiger partial charge in [0.05, 0.1) is 18.4 Å². The van der Waals surface area contributed by atoms with Gasteiger partial charge in [-0.3, -0.25) is 4.79 Å². The van der Waals surface area contributed by atoms with Crippen molar-refractivity contribution in [1.82, 2.24) is 5.32 Å². The zero-order valence-corrected chi connectivity index (χ0v) is 14.7. The second-order valence-corrected chi connectivity index (χ2v) is 6.61. The second-order valence-electron chi connectivity index (χ2n) is 5.51. The molecule has 0 aliphatic heterocycles. The van der Waals surface area contributed by atoms with Gasteiger partial charge in [-0.25, -0.2) is 4.39 Å². The molecule has 2 aromatic carbocycles. The van der Waals surface area contributed by atoms with Gasteiger partial charge in [-0.1, -0.05) is 30.3 Å². The fraction of sp³-hybridized carbons (Fsp3) is 0.316. The molecule has 1 N–H and O–H groups in total. The van der Waals surface area contributed by atoms with Gasteiger partial charge in [-0.2, -0.15) is 0 Å². The minimum Gasteiger partial charge on any atom is -0.492 e. The number of hydrogen-bond acceptors (Lipinski definition) is 3. The van der Waals surface area contributed by atoms with Crippen molar-refractivity contribution in [1.29, 1.82) is 0 Å². The van der Waals surface area contributed by atoms with Crippen LogP contribution >= 0.6 is 11.8 Å². The molecule has 0 radical (unpaired) electrons. The standard InChI is InChI=1S/C19H22FNO2S/c1-14-5-3-4-6-18(14)23-11-12-24-13-19(22)21-15(2)16-7-9-17(20)10-8-16/h3-10,15H,11-13H2,1-2H3,(H,21,22)/t15-/m0/s1. The molecule has 0 fully saturated rings. The van der Waals surface area contributed by atoms with Crippen LogP contribution in [0.3, 0.4) is 0 Å². The highest BCUT2D eigenvalue weighted by atomic mass is 32.2. The first-order chi connectivity index (χ1) is 11.6. The molecule has 128 valence electrons. The molecule has 0 aromatic heterocycles. The highest BCUT2D eigenvalue weighted by molar-refractivity contribution is 7.99. The van der Waals surface area contributed by atoms with Crippen LogP contribution < -0.4 is 10.1 Å².